The maximum Gasteiger partial charge on any atom is 0.263 e. The van der Waals surface area contributed by atoms with Gasteiger partial charge in [-0.25, -0.2) is 9.37 Å². The van der Waals surface area contributed by atoms with Gasteiger partial charge in [0.05, 0.1) is 17.3 Å². The Balaban J connectivity index is 1.62. The molecule has 1 N–H and O–H groups in total. The lowest BCUT2D eigenvalue weighted by Crippen LogP contribution is -2.29. The molecule has 0 aliphatic carbocycles. The van der Waals surface area contributed by atoms with Gasteiger partial charge in [0.2, 0.25) is 0 Å². The average molecular weight is 334 g/mol. The monoisotopic (exact) mass is 334 g/mol. The lowest BCUT2D eigenvalue weighted by Gasteiger charge is -2.08. The van der Waals surface area contributed by atoms with Gasteiger partial charge in [-0.3, -0.25) is 4.79 Å². The van der Waals surface area contributed by atoms with E-state index in [1.165, 1.54) is 23.5 Å². The van der Waals surface area contributed by atoms with Gasteiger partial charge in [0.1, 0.15) is 10.7 Å². The topological polar surface area (TPSA) is 51.2 Å². The van der Waals surface area contributed by atoms with Crippen LogP contribution in [0.1, 0.15) is 32.4 Å². The molecule has 1 fully saturated rings. The van der Waals surface area contributed by atoms with Crippen molar-refractivity contribution < 1.29 is 13.9 Å². The third kappa shape index (κ3) is 4.14. The van der Waals surface area contributed by atoms with Gasteiger partial charge in [-0.2, -0.15) is 0 Å². The average Bonchev–Trinajstić information content (AvgIpc) is 3.17. The van der Waals surface area contributed by atoms with Crippen molar-refractivity contribution in [2.45, 2.75) is 19.8 Å². The minimum atomic E-state index is -0.250. The number of amides is 1. The molecule has 1 aromatic heterocycles. The van der Waals surface area contributed by atoms with Gasteiger partial charge >= 0.3 is 0 Å². The smallest absolute Gasteiger partial charge is 0.263 e. The molecule has 4 nitrogen and oxygen atoms in total. The number of carbonyl (C=O) groups excluding carboxylic acids is 1. The molecule has 0 saturated carbocycles. The summed E-state index contributed by atoms with van der Waals surface area (Å²) in [6.07, 6.45) is 1.60. The minimum absolute atomic E-state index is 0.0720. The number of thiazole rings is 1. The summed E-state index contributed by atoms with van der Waals surface area (Å²) >= 11 is 1.40. The van der Waals surface area contributed by atoms with Crippen molar-refractivity contribution in [2.24, 2.45) is 5.92 Å². The molecule has 1 unspecified atom stereocenters. The van der Waals surface area contributed by atoms with Crippen LogP contribution >= 0.6 is 11.3 Å². The van der Waals surface area contributed by atoms with Crippen molar-refractivity contribution >= 4 is 17.2 Å². The first-order valence-electron chi connectivity index (χ1n) is 7.68. The van der Waals surface area contributed by atoms with E-state index < -0.39 is 0 Å². The van der Waals surface area contributed by atoms with Crippen molar-refractivity contribution in [1.29, 1.82) is 0 Å². The van der Waals surface area contributed by atoms with E-state index in [1.807, 2.05) is 6.92 Å². The molecule has 2 aromatic rings. The maximum absolute atomic E-state index is 12.9. The zero-order valence-electron chi connectivity index (χ0n) is 13.0. The van der Waals surface area contributed by atoms with E-state index in [-0.39, 0.29) is 11.7 Å². The van der Waals surface area contributed by atoms with Gasteiger partial charge in [-0.1, -0.05) is 12.1 Å². The van der Waals surface area contributed by atoms with Crippen LogP contribution in [-0.2, 0) is 11.2 Å². The SMILES string of the molecule is Cc1nc(Cc2ccc(F)cc2)sc1C(=O)NCC1CCOC1. The molecule has 1 atom stereocenters. The Morgan fingerprint density at radius 2 is 2.22 bits per heavy atom. The number of aromatic nitrogens is 1. The van der Waals surface area contributed by atoms with Crippen LogP contribution in [0.3, 0.4) is 0 Å². The number of nitrogens with one attached hydrogen (secondary N) is 1. The van der Waals surface area contributed by atoms with Gasteiger partial charge in [0.15, 0.2) is 0 Å². The number of aryl methyl sites for hydroxylation is 1. The Kier molecular flexibility index (Phi) is 5.03. The number of halogens is 1. The van der Waals surface area contributed by atoms with Crippen molar-refractivity contribution in [3.05, 3.63) is 51.2 Å². The molecule has 0 bridgehead atoms. The number of carbonyl (C=O) groups is 1. The van der Waals surface area contributed by atoms with Gasteiger partial charge in [-0.05, 0) is 31.0 Å². The second-order valence-electron chi connectivity index (χ2n) is 5.77. The van der Waals surface area contributed by atoms with Crippen LogP contribution in [0.5, 0.6) is 0 Å². The number of hydrogen-bond donors (Lipinski definition) is 1. The zero-order chi connectivity index (χ0) is 16.2. The van der Waals surface area contributed by atoms with Gasteiger partial charge in [-0.15, -0.1) is 11.3 Å². The minimum Gasteiger partial charge on any atom is -0.381 e. The van der Waals surface area contributed by atoms with Crippen LogP contribution in [0.4, 0.5) is 4.39 Å². The molecule has 1 amide bonds. The Morgan fingerprint density at radius 1 is 1.43 bits per heavy atom. The third-order valence-electron chi connectivity index (χ3n) is 3.89. The lowest BCUT2D eigenvalue weighted by molar-refractivity contribution is 0.0948. The number of benzene rings is 1. The Hall–Kier alpha value is -1.79. The Morgan fingerprint density at radius 3 is 2.91 bits per heavy atom. The van der Waals surface area contributed by atoms with Gasteiger partial charge < -0.3 is 10.1 Å². The van der Waals surface area contributed by atoms with Crippen molar-refractivity contribution in [3.8, 4) is 0 Å². The van der Waals surface area contributed by atoms with Crippen molar-refractivity contribution in [3.63, 3.8) is 0 Å². The lowest BCUT2D eigenvalue weighted by atomic mass is 10.1. The van der Waals surface area contributed by atoms with Gasteiger partial charge in [0.25, 0.3) is 5.91 Å². The zero-order valence-corrected chi connectivity index (χ0v) is 13.8. The summed E-state index contributed by atoms with van der Waals surface area (Å²) in [5, 5.41) is 3.83. The molecule has 1 aliphatic rings. The highest BCUT2D eigenvalue weighted by molar-refractivity contribution is 7.13. The van der Waals surface area contributed by atoms with Crippen LogP contribution in [0.25, 0.3) is 0 Å². The van der Waals surface area contributed by atoms with E-state index >= 15 is 0 Å². The van der Waals surface area contributed by atoms with E-state index in [2.05, 4.69) is 10.3 Å². The number of nitrogens with zero attached hydrogens (tertiary/aromatic N) is 1. The highest BCUT2D eigenvalue weighted by Gasteiger charge is 2.19. The fourth-order valence-electron chi connectivity index (χ4n) is 2.58. The summed E-state index contributed by atoms with van der Waals surface area (Å²) in [5.41, 5.74) is 1.72. The van der Waals surface area contributed by atoms with Crippen LogP contribution in [0.15, 0.2) is 24.3 Å². The molecule has 1 aromatic carbocycles. The predicted octanol–water partition coefficient (Wildman–Crippen LogP) is 2.95. The quantitative estimate of drug-likeness (QED) is 0.915. The predicted molar refractivity (Wildman–Crippen MR) is 87.3 cm³/mol. The summed E-state index contributed by atoms with van der Waals surface area (Å²) < 4.78 is 18.2. The maximum atomic E-state index is 12.9. The molecule has 3 rings (SSSR count). The van der Waals surface area contributed by atoms with E-state index in [4.69, 9.17) is 4.74 Å². The molecule has 2 heterocycles. The van der Waals surface area contributed by atoms with Crippen LogP contribution in [-0.4, -0.2) is 30.6 Å². The van der Waals surface area contributed by atoms with Crippen molar-refractivity contribution in [1.82, 2.24) is 10.3 Å². The Bertz CT molecular complexity index is 678. The molecule has 1 aliphatic heterocycles. The standard InChI is InChI=1S/C17H19FN2O2S/c1-11-16(17(21)19-9-13-6-7-22-10-13)23-15(20-11)8-12-2-4-14(18)5-3-12/h2-5,13H,6-10H2,1H3,(H,19,21). The molecule has 0 spiro atoms. The number of hydrogen-bond acceptors (Lipinski definition) is 4. The summed E-state index contributed by atoms with van der Waals surface area (Å²) in [6.45, 7) is 3.99. The fraction of sp³-hybridized carbons (Fsp3) is 0.412. The molecular formula is C17H19FN2O2S. The summed E-state index contributed by atoms with van der Waals surface area (Å²) in [4.78, 5) is 17.4. The van der Waals surface area contributed by atoms with Gasteiger partial charge in [0, 0.05) is 25.5 Å². The second-order valence-corrected chi connectivity index (χ2v) is 6.85. The van der Waals surface area contributed by atoms with E-state index in [1.54, 1.807) is 12.1 Å². The highest BCUT2D eigenvalue weighted by atomic mass is 32.1. The molecule has 0 radical (unpaired) electrons. The molecular weight excluding hydrogens is 315 g/mol. The van der Waals surface area contributed by atoms with E-state index in [0.29, 0.717) is 23.8 Å². The normalized spacial score (nSPS) is 17.4. The molecule has 122 valence electrons. The van der Waals surface area contributed by atoms with E-state index in [9.17, 15) is 9.18 Å². The number of rotatable bonds is 5. The summed E-state index contributed by atoms with van der Waals surface area (Å²) in [5.74, 6) is 0.0862. The molecule has 6 heteroatoms. The molecule has 23 heavy (non-hydrogen) atoms. The van der Waals surface area contributed by atoms with Crippen LogP contribution in [0.2, 0.25) is 0 Å². The fourth-order valence-corrected chi connectivity index (χ4v) is 3.59. The second kappa shape index (κ2) is 7.19. The number of ether oxygens (including phenoxy) is 1. The largest absolute Gasteiger partial charge is 0.381 e. The molecule has 1 saturated heterocycles. The first-order valence-corrected chi connectivity index (χ1v) is 8.50. The Labute approximate surface area is 138 Å². The van der Waals surface area contributed by atoms with Crippen LogP contribution < -0.4 is 5.32 Å². The summed E-state index contributed by atoms with van der Waals surface area (Å²) in [7, 11) is 0. The van der Waals surface area contributed by atoms with E-state index in [0.717, 1.165) is 35.9 Å². The highest BCUT2D eigenvalue weighted by Crippen LogP contribution is 2.21. The van der Waals surface area contributed by atoms with Crippen molar-refractivity contribution in [2.75, 3.05) is 19.8 Å². The first kappa shape index (κ1) is 16.1. The van der Waals surface area contributed by atoms with Crippen LogP contribution in [0, 0.1) is 18.7 Å². The first-order chi connectivity index (χ1) is 11.1. The summed E-state index contributed by atoms with van der Waals surface area (Å²) in [6, 6.07) is 6.36. The third-order valence-corrected chi connectivity index (χ3v) is 5.05.